The summed E-state index contributed by atoms with van der Waals surface area (Å²) in [5, 5.41) is 3.14. The van der Waals surface area contributed by atoms with Crippen LogP contribution in [0.1, 0.15) is 26.7 Å². The molecule has 1 heterocycles. The Bertz CT molecular complexity index is 370. The van der Waals surface area contributed by atoms with Crippen LogP contribution in [0, 0.1) is 0 Å². The summed E-state index contributed by atoms with van der Waals surface area (Å²) in [5.41, 5.74) is 3.37. The first-order chi connectivity index (χ1) is 8.19. The van der Waals surface area contributed by atoms with Crippen molar-refractivity contribution in [3.8, 4) is 0 Å². The minimum absolute atomic E-state index is 0.935. The van der Waals surface area contributed by atoms with E-state index in [4.69, 9.17) is 0 Å². The van der Waals surface area contributed by atoms with Crippen LogP contribution in [0.2, 0.25) is 0 Å². The van der Waals surface area contributed by atoms with E-state index in [9.17, 15) is 0 Å². The Hall–Kier alpha value is -1.83. The lowest BCUT2D eigenvalue weighted by Gasteiger charge is -2.21. The van der Waals surface area contributed by atoms with Gasteiger partial charge in [-0.2, -0.15) is 0 Å². The highest BCUT2D eigenvalue weighted by Gasteiger charge is 2.15. The van der Waals surface area contributed by atoms with Gasteiger partial charge in [-0.3, -0.25) is 0 Å². The van der Waals surface area contributed by atoms with Crippen molar-refractivity contribution in [3.05, 3.63) is 61.5 Å². The Labute approximate surface area is 105 Å². The molecule has 17 heavy (non-hydrogen) atoms. The van der Waals surface area contributed by atoms with E-state index in [2.05, 4.69) is 48.8 Å². The quantitative estimate of drug-likeness (QED) is 0.622. The van der Waals surface area contributed by atoms with Gasteiger partial charge in [-0.25, -0.2) is 4.99 Å². The first-order valence-electron chi connectivity index (χ1n) is 5.67. The third-order valence-electron chi connectivity index (χ3n) is 2.13. The highest BCUT2D eigenvalue weighted by molar-refractivity contribution is 5.85. The third kappa shape index (κ3) is 4.68. The van der Waals surface area contributed by atoms with E-state index < -0.39 is 0 Å². The highest BCUT2D eigenvalue weighted by Crippen LogP contribution is 2.26. The van der Waals surface area contributed by atoms with Gasteiger partial charge in [-0.1, -0.05) is 18.7 Å². The molecule has 0 unspecified atom stereocenters. The van der Waals surface area contributed by atoms with Crippen LogP contribution in [-0.4, -0.2) is 5.84 Å². The molecule has 0 saturated heterocycles. The summed E-state index contributed by atoms with van der Waals surface area (Å²) in [6, 6.07) is 0. The van der Waals surface area contributed by atoms with Crippen molar-refractivity contribution in [1.29, 1.82) is 0 Å². The Morgan fingerprint density at radius 2 is 2.00 bits per heavy atom. The van der Waals surface area contributed by atoms with Crippen molar-refractivity contribution in [2.75, 3.05) is 0 Å². The van der Waals surface area contributed by atoms with Gasteiger partial charge < -0.3 is 5.32 Å². The summed E-state index contributed by atoms with van der Waals surface area (Å²) in [6.07, 6.45) is 8.16. The average Bonchev–Trinajstić information content (AvgIpc) is 2.32. The number of hydrogen-bond donors (Lipinski definition) is 1. The molecule has 0 fully saturated rings. The maximum atomic E-state index is 4.39. The number of hydrogen-bond acceptors (Lipinski definition) is 2. The summed E-state index contributed by atoms with van der Waals surface area (Å²) in [7, 11) is 0. The number of amidine groups is 1. The fourth-order valence-corrected chi connectivity index (χ4v) is 1.56. The number of allylic oxidation sites excluding steroid dienone is 4. The topological polar surface area (TPSA) is 24.4 Å². The predicted octanol–water partition coefficient (Wildman–Crippen LogP) is 4.12. The Balaban J connectivity index is 0.000000450. The number of nitrogens with one attached hydrogen (secondary N) is 1. The molecule has 0 saturated carbocycles. The van der Waals surface area contributed by atoms with Gasteiger partial charge in [-0.15, -0.1) is 19.7 Å². The normalized spacial score (nSPS) is 16.4. The van der Waals surface area contributed by atoms with Crippen molar-refractivity contribution in [2.24, 2.45) is 4.99 Å². The molecule has 0 amide bonds. The van der Waals surface area contributed by atoms with Crippen LogP contribution in [0.5, 0.6) is 0 Å². The summed E-state index contributed by atoms with van der Waals surface area (Å²) in [6.45, 7) is 17.2. The molecule has 0 bridgehead atoms. The van der Waals surface area contributed by atoms with Crippen LogP contribution in [-0.2, 0) is 0 Å². The second kappa shape index (κ2) is 8.34. The fraction of sp³-hybridized carbons (Fsp3) is 0.267. The molecule has 0 radical (unpaired) electrons. The standard InChI is InChI=1S/C10H12N2.C3H6.C2H4/c1-7-9-5-3-4-6-10(9)12-8(2)11-7;1-3-2;1-2/h4,6H,1,3,5H2,2H3,(H,11,12);3H,1H2,2H3;1-2H2. The minimum Gasteiger partial charge on any atom is -0.344 e. The fourth-order valence-electron chi connectivity index (χ4n) is 1.56. The molecule has 0 aromatic heterocycles. The van der Waals surface area contributed by atoms with E-state index in [-0.39, 0.29) is 0 Å². The van der Waals surface area contributed by atoms with Gasteiger partial charge in [0.2, 0.25) is 0 Å². The zero-order chi connectivity index (χ0) is 13.3. The van der Waals surface area contributed by atoms with Gasteiger partial charge in [-0.05, 0) is 32.8 Å². The zero-order valence-electron chi connectivity index (χ0n) is 10.9. The average molecular weight is 230 g/mol. The lowest BCUT2D eigenvalue weighted by molar-refractivity contribution is 0.894. The molecule has 92 valence electrons. The maximum absolute atomic E-state index is 4.39. The monoisotopic (exact) mass is 230 g/mol. The number of rotatable bonds is 0. The summed E-state index contributed by atoms with van der Waals surface area (Å²) in [5.74, 6) is 0.935. The van der Waals surface area contributed by atoms with Crippen molar-refractivity contribution in [3.63, 3.8) is 0 Å². The molecule has 1 N–H and O–H groups in total. The predicted molar refractivity (Wildman–Crippen MR) is 77.9 cm³/mol. The summed E-state index contributed by atoms with van der Waals surface area (Å²) >= 11 is 0. The van der Waals surface area contributed by atoms with Crippen molar-refractivity contribution in [2.45, 2.75) is 26.7 Å². The zero-order valence-corrected chi connectivity index (χ0v) is 10.9. The van der Waals surface area contributed by atoms with Crippen molar-refractivity contribution >= 4 is 5.84 Å². The molecule has 1 aliphatic heterocycles. The molecule has 2 nitrogen and oxygen atoms in total. The largest absolute Gasteiger partial charge is 0.344 e. The first kappa shape index (κ1) is 15.2. The third-order valence-corrected chi connectivity index (χ3v) is 2.13. The van der Waals surface area contributed by atoms with Gasteiger partial charge in [0.05, 0.1) is 5.70 Å². The Morgan fingerprint density at radius 3 is 2.59 bits per heavy atom. The Morgan fingerprint density at radius 1 is 1.41 bits per heavy atom. The van der Waals surface area contributed by atoms with E-state index in [0.717, 1.165) is 30.1 Å². The molecular weight excluding hydrogens is 208 g/mol. The molecule has 2 rings (SSSR count). The molecular formula is C15H22N2. The molecule has 2 heteroatoms. The van der Waals surface area contributed by atoms with Gasteiger partial charge in [0.15, 0.2) is 0 Å². The first-order valence-corrected chi connectivity index (χ1v) is 5.67. The molecule has 0 spiro atoms. The number of nitrogens with zero attached hydrogens (tertiary/aromatic N) is 1. The molecule has 1 aliphatic carbocycles. The summed E-state index contributed by atoms with van der Waals surface area (Å²) < 4.78 is 0. The van der Waals surface area contributed by atoms with Crippen LogP contribution < -0.4 is 5.32 Å². The van der Waals surface area contributed by atoms with Gasteiger partial charge in [0.1, 0.15) is 5.84 Å². The highest BCUT2D eigenvalue weighted by atomic mass is 15.0. The second-order valence-electron chi connectivity index (χ2n) is 3.51. The summed E-state index contributed by atoms with van der Waals surface area (Å²) in [4.78, 5) is 4.39. The van der Waals surface area contributed by atoms with Gasteiger partial charge in [0.25, 0.3) is 0 Å². The van der Waals surface area contributed by atoms with E-state index in [1.165, 1.54) is 5.57 Å². The second-order valence-corrected chi connectivity index (χ2v) is 3.51. The lowest BCUT2D eigenvalue weighted by atomic mass is 9.99. The minimum atomic E-state index is 0.935. The van der Waals surface area contributed by atoms with Gasteiger partial charge >= 0.3 is 0 Å². The van der Waals surface area contributed by atoms with E-state index in [0.29, 0.717) is 0 Å². The number of aliphatic imine (C=N–C) groups is 1. The van der Waals surface area contributed by atoms with Crippen molar-refractivity contribution in [1.82, 2.24) is 5.32 Å². The van der Waals surface area contributed by atoms with Crippen LogP contribution in [0.15, 0.2) is 66.5 Å². The van der Waals surface area contributed by atoms with Crippen LogP contribution in [0.4, 0.5) is 0 Å². The van der Waals surface area contributed by atoms with Gasteiger partial charge in [0, 0.05) is 11.3 Å². The lowest BCUT2D eigenvalue weighted by Crippen LogP contribution is -2.25. The SMILES string of the molecule is C=C.C=C1NC(C)=NC2=C1CCC=C2.C=CC. The van der Waals surface area contributed by atoms with Crippen LogP contribution >= 0.6 is 0 Å². The molecule has 0 aromatic rings. The van der Waals surface area contributed by atoms with E-state index in [1.54, 1.807) is 6.08 Å². The molecule has 0 atom stereocenters. The smallest absolute Gasteiger partial charge is 0.103 e. The maximum Gasteiger partial charge on any atom is 0.103 e. The van der Waals surface area contributed by atoms with E-state index >= 15 is 0 Å². The van der Waals surface area contributed by atoms with E-state index in [1.807, 2.05) is 13.8 Å². The Kier molecular flexibility index (Phi) is 7.44. The van der Waals surface area contributed by atoms with Crippen molar-refractivity contribution < 1.29 is 0 Å². The van der Waals surface area contributed by atoms with Crippen LogP contribution in [0.3, 0.4) is 0 Å². The van der Waals surface area contributed by atoms with Crippen LogP contribution in [0.25, 0.3) is 0 Å². The molecule has 0 aromatic carbocycles. The molecule has 2 aliphatic rings.